The second kappa shape index (κ2) is 4.21. The van der Waals surface area contributed by atoms with Crippen LogP contribution in [0, 0.1) is 5.92 Å². The fourth-order valence-electron chi connectivity index (χ4n) is 1.20. The van der Waals surface area contributed by atoms with E-state index in [1.54, 1.807) is 0 Å². The lowest BCUT2D eigenvalue weighted by atomic mass is 10.1. The molecule has 0 bridgehead atoms. The molecule has 0 aromatic heterocycles. The van der Waals surface area contributed by atoms with Crippen LogP contribution in [0.3, 0.4) is 0 Å². The normalized spacial score (nSPS) is 21.0. The van der Waals surface area contributed by atoms with Crippen LogP contribution in [-0.2, 0) is 0 Å². The molecule has 1 atom stereocenters. The fraction of sp³-hybridized carbons (Fsp3) is 1.00. The molecule has 0 aromatic rings. The lowest BCUT2D eigenvalue weighted by molar-refractivity contribution is 0.465. The van der Waals surface area contributed by atoms with Gasteiger partial charge in [-0.2, -0.15) is 11.8 Å². The van der Waals surface area contributed by atoms with Crippen LogP contribution in [0.2, 0.25) is 0 Å². The highest BCUT2D eigenvalue weighted by molar-refractivity contribution is 7.98. The summed E-state index contributed by atoms with van der Waals surface area (Å²) in [5.41, 5.74) is 2.89. The molecule has 0 saturated heterocycles. The molecular weight excluding hydrogens is 144 g/mol. The molecule has 1 saturated carbocycles. The zero-order valence-electron chi connectivity index (χ0n) is 6.47. The maximum atomic E-state index is 5.40. The molecule has 1 fully saturated rings. The van der Waals surface area contributed by atoms with Crippen LogP contribution in [0.25, 0.3) is 0 Å². The van der Waals surface area contributed by atoms with Crippen LogP contribution in [-0.4, -0.2) is 18.1 Å². The van der Waals surface area contributed by atoms with E-state index in [1.165, 1.54) is 25.0 Å². The molecule has 10 heavy (non-hydrogen) atoms. The van der Waals surface area contributed by atoms with E-state index in [4.69, 9.17) is 5.84 Å². The first-order valence-electron chi connectivity index (χ1n) is 3.83. The average Bonchev–Trinajstić information content (AvgIpc) is 2.73. The van der Waals surface area contributed by atoms with E-state index in [9.17, 15) is 0 Å². The summed E-state index contributed by atoms with van der Waals surface area (Å²) in [5.74, 6) is 7.51. The molecule has 0 spiro atoms. The molecule has 0 amide bonds. The molecule has 0 aliphatic heterocycles. The van der Waals surface area contributed by atoms with Gasteiger partial charge in [-0.25, -0.2) is 0 Å². The van der Waals surface area contributed by atoms with E-state index in [0.717, 1.165) is 5.92 Å². The van der Waals surface area contributed by atoms with Gasteiger partial charge in [0.05, 0.1) is 0 Å². The Kier molecular flexibility index (Phi) is 3.52. The Balaban J connectivity index is 2.07. The standard InChI is InChI=1S/C7H16N2S/c1-10-5-4-7(9-8)6-2-3-6/h6-7,9H,2-5,8H2,1H3. The van der Waals surface area contributed by atoms with Crippen molar-refractivity contribution >= 4 is 11.8 Å². The van der Waals surface area contributed by atoms with Crippen molar-refractivity contribution in [2.45, 2.75) is 25.3 Å². The van der Waals surface area contributed by atoms with Crippen LogP contribution in [0.4, 0.5) is 0 Å². The smallest absolute Gasteiger partial charge is 0.0246 e. The van der Waals surface area contributed by atoms with Gasteiger partial charge >= 0.3 is 0 Å². The van der Waals surface area contributed by atoms with Gasteiger partial charge < -0.3 is 0 Å². The monoisotopic (exact) mass is 160 g/mol. The highest BCUT2D eigenvalue weighted by atomic mass is 32.2. The van der Waals surface area contributed by atoms with E-state index in [0.29, 0.717) is 6.04 Å². The Morgan fingerprint density at radius 1 is 1.70 bits per heavy atom. The largest absolute Gasteiger partial charge is 0.271 e. The number of nitrogens with one attached hydrogen (secondary N) is 1. The van der Waals surface area contributed by atoms with Gasteiger partial charge in [-0.3, -0.25) is 11.3 Å². The molecule has 1 aliphatic rings. The van der Waals surface area contributed by atoms with Crippen molar-refractivity contribution in [2.75, 3.05) is 12.0 Å². The van der Waals surface area contributed by atoms with Crippen molar-refractivity contribution in [1.29, 1.82) is 0 Å². The van der Waals surface area contributed by atoms with Crippen LogP contribution < -0.4 is 11.3 Å². The van der Waals surface area contributed by atoms with E-state index in [2.05, 4.69) is 11.7 Å². The molecule has 1 unspecified atom stereocenters. The minimum atomic E-state index is 0.590. The topological polar surface area (TPSA) is 38.0 Å². The summed E-state index contributed by atoms with van der Waals surface area (Å²) in [6, 6.07) is 0.590. The predicted molar refractivity (Wildman–Crippen MR) is 46.8 cm³/mol. The third kappa shape index (κ3) is 2.48. The molecule has 3 heteroatoms. The average molecular weight is 160 g/mol. The first kappa shape index (κ1) is 8.37. The molecule has 0 aromatic carbocycles. The lowest BCUT2D eigenvalue weighted by Gasteiger charge is -2.13. The van der Waals surface area contributed by atoms with Gasteiger partial charge in [0.25, 0.3) is 0 Å². The number of hydrazine groups is 1. The van der Waals surface area contributed by atoms with Crippen molar-refractivity contribution in [3.63, 3.8) is 0 Å². The predicted octanol–water partition coefficient (Wildman–Crippen LogP) is 0.981. The second-order valence-electron chi connectivity index (χ2n) is 2.89. The van der Waals surface area contributed by atoms with Crippen LogP contribution in [0.15, 0.2) is 0 Å². The summed E-state index contributed by atoms with van der Waals surface area (Å²) in [4.78, 5) is 0. The number of hydrogen-bond donors (Lipinski definition) is 2. The Morgan fingerprint density at radius 2 is 2.40 bits per heavy atom. The van der Waals surface area contributed by atoms with E-state index < -0.39 is 0 Å². The van der Waals surface area contributed by atoms with Gasteiger partial charge in [-0.15, -0.1) is 0 Å². The SMILES string of the molecule is CSCCC(NN)C1CC1. The van der Waals surface area contributed by atoms with Gasteiger partial charge in [0.2, 0.25) is 0 Å². The van der Waals surface area contributed by atoms with Gasteiger partial charge in [0, 0.05) is 6.04 Å². The van der Waals surface area contributed by atoms with E-state index in [-0.39, 0.29) is 0 Å². The minimum absolute atomic E-state index is 0.590. The third-order valence-electron chi connectivity index (χ3n) is 2.04. The molecule has 3 N–H and O–H groups in total. The lowest BCUT2D eigenvalue weighted by Crippen LogP contribution is -2.37. The quantitative estimate of drug-likeness (QED) is 0.465. The van der Waals surface area contributed by atoms with E-state index >= 15 is 0 Å². The highest BCUT2D eigenvalue weighted by Crippen LogP contribution is 2.33. The molecule has 0 radical (unpaired) electrons. The summed E-state index contributed by atoms with van der Waals surface area (Å²) in [6.07, 6.45) is 6.12. The summed E-state index contributed by atoms with van der Waals surface area (Å²) in [6.45, 7) is 0. The zero-order chi connectivity index (χ0) is 7.40. The zero-order valence-corrected chi connectivity index (χ0v) is 7.29. The Hall–Kier alpha value is 0.270. The van der Waals surface area contributed by atoms with Crippen molar-refractivity contribution in [1.82, 2.24) is 5.43 Å². The molecule has 2 nitrogen and oxygen atoms in total. The Morgan fingerprint density at radius 3 is 2.80 bits per heavy atom. The van der Waals surface area contributed by atoms with Crippen molar-refractivity contribution < 1.29 is 0 Å². The van der Waals surface area contributed by atoms with Crippen LogP contribution in [0.1, 0.15) is 19.3 Å². The van der Waals surface area contributed by atoms with Crippen molar-refractivity contribution in [3.8, 4) is 0 Å². The Labute approximate surface area is 66.9 Å². The molecule has 1 rings (SSSR count). The summed E-state index contributed by atoms with van der Waals surface area (Å²) in [5, 5.41) is 0. The molecule has 0 heterocycles. The number of rotatable bonds is 5. The van der Waals surface area contributed by atoms with Crippen molar-refractivity contribution in [2.24, 2.45) is 11.8 Å². The number of thioether (sulfide) groups is 1. The van der Waals surface area contributed by atoms with Gasteiger partial charge in [-0.1, -0.05) is 0 Å². The summed E-state index contributed by atoms with van der Waals surface area (Å²) >= 11 is 1.89. The molecular formula is C7H16N2S. The van der Waals surface area contributed by atoms with E-state index in [1.807, 2.05) is 11.8 Å². The second-order valence-corrected chi connectivity index (χ2v) is 3.88. The first-order chi connectivity index (χ1) is 4.88. The first-order valence-corrected chi connectivity index (χ1v) is 5.23. The molecule has 60 valence electrons. The minimum Gasteiger partial charge on any atom is -0.271 e. The fourth-order valence-corrected chi connectivity index (χ4v) is 1.69. The van der Waals surface area contributed by atoms with Crippen molar-refractivity contribution in [3.05, 3.63) is 0 Å². The third-order valence-corrected chi connectivity index (χ3v) is 2.68. The number of nitrogens with two attached hydrogens (primary N) is 1. The van der Waals surface area contributed by atoms with Gasteiger partial charge in [0.1, 0.15) is 0 Å². The van der Waals surface area contributed by atoms with Crippen LogP contribution >= 0.6 is 11.8 Å². The highest BCUT2D eigenvalue weighted by Gasteiger charge is 2.29. The van der Waals surface area contributed by atoms with Gasteiger partial charge in [0.15, 0.2) is 0 Å². The summed E-state index contributed by atoms with van der Waals surface area (Å²) in [7, 11) is 0. The van der Waals surface area contributed by atoms with Crippen LogP contribution in [0.5, 0.6) is 0 Å². The maximum absolute atomic E-state index is 5.40. The van der Waals surface area contributed by atoms with Gasteiger partial charge in [-0.05, 0) is 37.2 Å². The summed E-state index contributed by atoms with van der Waals surface area (Å²) < 4.78 is 0. The molecule has 1 aliphatic carbocycles. The number of hydrogen-bond acceptors (Lipinski definition) is 3. The maximum Gasteiger partial charge on any atom is 0.0246 e. The Bertz CT molecular complexity index is 93.6.